The van der Waals surface area contributed by atoms with Crippen LogP contribution in [0.25, 0.3) is 0 Å². The van der Waals surface area contributed by atoms with Gasteiger partial charge in [0, 0.05) is 11.3 Å². The molecule has 5 heteroatoms. The quantitative estimate of drug-likeness (QED) is 0.919. The predicted molar refractivity (Wildman–Crippen MR) is 91.6 cm³/mol. The van der Waals surface area contributed by atoms with Crippen LogP contribution in [0, 0.1) is 12.8 Å². The molecule has 3 rings (SSSR count). The van der Waals surface area contributed by atoms with Crippen LogP contribution < -0.4 is 0 Å². The van der Waals surface area contributed by atoms with Crippen LogP contribution in [0.1, 0.15) is 48.0 Å². The molecule has 2 fully saturated rings. The third kappa shape index (κ3) is 3.39. The summed E-state index contributed by atoms with van der Waals surface area (Å²) in [4.78, 5) is 26.2. The fourth-order valence-corrected chi connectivity index (χ4v) is 5.23. The average Bonchev–Trinajstić information content (AvgIpc) is 3.01. The summed E-state index contributed by atoms with van der Waals surface area (Å²) in [6.07, 6.45) is 5.82. The summed E-state index contributed by atoms with van der Waals surface area (Å²) in [6, 6.07) is 6.71. The minimum absolute atomic E-state index is 0.00482. The highest BCUT2D eigenvalue weighted by atomic mass is 32.2. The SMILES string of the molecule is Cc1ccc(C(=O)N2[C@@H](C(=O)O)CS[C@@H]2C2CCCCC2)cc1. The number of thioether (sulfide) groups is 1. The molecular weight excluding hydrogens is 310 g/mol. The van der Waals surface area contributed by atoms with Gasteiger partial charge in [-0.05, 0) is 37.8 Å². The van der Waals surface area contributed by atoms with E-state index in [0.717, 1.165) is 18.4 Å². The van der Waals surface area contributed by atoms with Crippen molar-refractivity contribution in [2.45, 2.75) is 50.4 Å². The fraction of sp³-hybridized carbons (Fsp3) is 0.556. The van der Waals surface area contributed by atoms with Gasteiger partial charge < -0.3 is 10.0 Å². The average molecular weight is 333 g/mol. The van der Waals surface area contributed by atoms with Crippen molar-refractivity contribution < 1.29 is 14.7 Å². The van der Waals surface area contributed by atoms with Gasteiger partial charge in [-0.3, -0.25) is 4.79 Å². The lowest BCUT2D eigenvalue weighted by molar-refractivity contribution is -0.141. The van der Waals surface area contributed by atoms with E-state index < -0.39 is 12.0 Å². The van der Waals surface area contributed by atoms with E-state index in [1.807, 2.05) is 19.1 Å². The number of benzene rings is 1. The van der Waals surface area contributed by atoms with Crippen molar-refractivity contribution in [3.63, 3.8) is 0 Å². The molecule has 1 N–H and O–H groups in total. The van der Waals surface area contributed by atoms with E-state index in [0.29, 0.717) is 17.2 Å². The van der Waals surface area contributed by atoms with Crippen LogP contribution in [0.4, 0.5) is 0 Å². The maximum Gasteiger partial charge on any atom is 0.327 e. The summed E-state index contributed by atoms with van der Waals surface area (Å²) < 4.78 is 0. The molecule has 0 spiro atoms. The van der Waals surface area contributed by atoms with Gasteiger partial charge in [0.1, 0.15) is 6.04 Å². The third-order valence-corrected chi connectivity index (χ3v) is 6.37. The van der Waals surface area contributed by atoms with Crippen molar-refractivity contribution in [3.8, 4) is 0 Å². The van der Waals surface area contributed by atoms with Crippen molar-refractivity contribution in [3.05, 3.63) is 35.4 Å². The Kier molecular flexibility index (Phi) is 4.95. The fourth-order valence-electron chi connectivity index (χ4n) is 3.60. The Balaban J connectivity index is 1.87. The van der Waals surface area contributed by atoms with E-state index in [9.17, 15) is 14.7 Å². The summed E-state index contributed by atoms with van der Waals surface area (Å²) in [7, 11) is 0. The van der Waals surface area contributed by atoms with Crippen molar-refractivity contribution in [1.82, 2.24) is 4.90 Å². The molecule has 1 amide bonds. The van der Waals surface area contributed by atoms with Gasteiger partial charge in [0.05, 0.1) is 5.37 Å². The molecular formula is C18H23NO3S. The van der Waals surface area contributed by atoms with E-state index in [1.165, 1.54) is 19.3 Å². The van der Waals surface area contributed by atoms with Gasteiger partial charge in [-0.15, -0.1) is 11.8 Å². The van der Waals surface area contributed by atoms with E-state index >= 15 is 0 Å². The van der Waals surface area contributed by atoms with Gasteiger partial charge in [-0.25, -0.2) is 4.79 Å². The Hall–Kier alpha value is -1.49. The normalized spacial score (nSPS) is 25.5. The number of carboxylic acid groups (broad SMARTS) is 1. The first-order valence-corrected chi connectivity index (χ1v) is 9.36. The molecule has 1 aliphatic carbocycles. The topological polar surface area (TPSA) is 57.6 Å². The van der Waals surface area contributed by atoms with Crippen molar-refractivity contribution in [1.29, 1.82) is 0 Å². The monoisotopic (exact) mass is 333 g/mol. The van der Waals surface area contributed by atoms with E-state index in [1.54, 1.807) is 28.8 Å². The number of nitrogens with zero attached hydrogens (tertiary/aromatic N) is 1. The molecule has 1 aromatic rings. The molecule has 4 nitrogen and oxygen atoms in total. The van der Waals surface area contributed by atoms with Gasteiger partial charge in [0.2, 0.25) is 0 Å². The van der Waals surface area contributed by atoms with Crippen molar-refractivity contribution in [2.24, 2.45) is 5.92 Å². The lowest BCUT2D eigenvalue weighted by Crippen LogP contribution is -2.48. The molecule has 1 heterocycles. The molecule has 2 aliphatic rings. The Bertz CT molecular complexity index is 580. The second kappa shape index (κ2) is 6.95. The Morgan fingerprint density at radius 3 is 2.39 bits per heavy atom. The number of carbonyl (C=O) groups is 2. The number of carbonyl (C=O) groups excluding carboxylic acids is 1. The van der Waals surface area contributed by atoms with Gasteiger partial charge in [-0.2, -0.15) is 0 Å². The minimum Gasteiger partial charge on any atom is -0.480 e. The number of carboxylic acids is 1. The number of rotatable bonds is 3. The van der Waals surface area contributed by atoms with Crippen LogP contribution in [-0.4, -0.2) is 39.1 Å². The maximum atomic E-state index is 13.0. The molecule has 0 unspecified atom stereocenters. The van der Waals surface area contributed by atoms with Crippen molar-refractivity contribution in [2.75, 3.05) is 5.75 Å². The smallest absolute Gasteiger partial charge is 0.327 e. The number of hydrogen-bond donors (Lipinski definition) is 1. The molecule has 0 radical (unpaired) electrons. The highest BCUT2D eigenvalue weighted by Gasteiger charge is 2.45. The summed E-state index contributed by atoms with van der Waals surface area (Å²) in [5.74, 6) is -0.115. The first-order chi connectivity index (χ1) is 11.1. The van der Waals surface area contributed by atoms with Crippen LogP contribution >= 0.6 is 11.8 Å². The summed E-state index contributed by atoms with van der Waals surface area (Å²) in [5, 5.41) is 9.54. The van der Waals surface area contributed by atoms with Crippen LogP contribution in [0.5, 0.6) is 0 Å². The molecule has 2 atom stereocenters. The Morgan fingerprint density at radius 2 is 1.78 bits per heavy atom. The minimum atomic E-state index is -0.892. The first-order valence-electron chi connectivity index (χ1n) is 8.31. The van der Waals surface area contributed by atoms with Crippen LogP contribution in [-0.2, 0) is 4.79 Å². The maximum absolute atomic E-state index is 13.0. The molecule has 1 aromatic carbocycles. The van der Waals surface area contributed by atoms with Crippen LogP contribution in [0.2, 0.25) is 0 Å². The van der Waals surface area contributed by atoms with Gasteiger partial charge in [0.15, 0.2) is 0 Å². The molecule has 124 valence electrons. The molecule has 0 bridgehead atoms. The summed E-state index contributed by atoms with van der Waals surface area (Å²) >= 11 is 1.64. The molecule has 1 saturated carbocycles. The number of aryl methyl sites for hydroxylation is 1. The Morgan fingerprint density at radius 1 is 1.13 bits per heavy atom. The molecule has 1 saturated heterocycles. The van der Waals surface area contributed by atoms with Gasteiger partial charge in [0.25, 0.3) is 5.91 Å². The summed E-state index contributed by atoms with van der Waals surface area (Å²) in [6.45, 7) is 1.98. The van der Waals surface area contributed by atoms with Crippen LogP contribution in [0.3, 0.4) is 0 Å². The zero-order valence-corrected chi connectivity index (χ0v) is 14.2. The van der Waals surface area contributed by atoms with E-state index in [4.69, 9.17) is 0 Å². The first kappa shape index (κ1) is 16.4. The van der Waals surface area contributed by atoms with Crippen molar-refractivity contribution >= 4 is 23.6 Å². The number of aliphatic carboxylic acids is 1. The molecule has 23 heavy (non-hydrogen) atoms. The largest absolute Gasteiger partial charge is 0.480 e. The predicted octanol–water partition coefficient (Wildman–Crippen LogP) is 3.54. The summed E-state index contributed by atoms with van der Waals surface area (Å²) in [5.41, 5.74) is 1.68. The standard InChI is InChI=1S/C18H23NO3S/c1-12-7-9-13(10-8-12)16(20)19-15(18(21)22)11-23-17(19)14-5-3-2-4-6-14/h7-10,14-15,17H,2-6,11H2,1H3,(H,21,22)/t15-,17-/m1/s1. The lowest BCUT2D eigenvalue weighted by atomic mass is 9.88. The third-order valence-electron chi connectivity index (χ3n) is 4.91. The highest BCUT2D eigenvalue weighted by Crippen LogP contribution is 2.41. The zero-order chi connectivity index (χ0) is 16.4. The lowest BCUT2D eigenvalue weighted by Gasteiger charge is -2.34. The second-order valence-corrected chi connectivity index (χ2v) is 7.70. The second-order valence-electron chi connectivity index (χ2n) is 6.55. The van der Waals surface area contributed by atoms with Crippen LogP contribution in [0.15, 0.2) is 24.3 Å². The van der Waals surface area contributed by atoms with Gasteiger partial charge in [-0.1, -0.05) is 37.0 Å². The highest BCUT2D eigenvalue weighted by molar-refractivity contribution is 8.00. The zero-order valence-electron chi connectivity index (χ0n) is 13.4. The molecule has 1 aliphatic heterocycles. The number of hydrogen-bond acceptors (Lipinski definition) is 3. The number of amides is 1. The molecule has 0 aromatic heterocycles. The Labute approximate surface area is 141 Å². The van der Waals surface area contributed by atoms with Gasteiger partial charge >= 0.3 is 5.97 Å². The van der Waals surface area contributed by atoms with E-state index in [2.05, 4.69) is 0 Å². The van der Waals surface area contributed by atoms with E-state index in [-0.39, 0.29) is 11.3 Å².